The fraction of sp³-hybridized carbons (Fsp3) is 0.500. The first-order valence-electron chi connectivity index (χ1n) is 5.83. The SMILES string of the molecule is Cl.Fc1cc2c(cc1OC(F)F)O[C@H]1CCCN[C@@H]21. The van der Waals surface area contributed by atoms with Crippen LogP contribution in [0.2, 0.25) is 0 Å². The van der Waals surface area contributed by atoms with E-state index in [1.54, 1.807) is 0 Å². The van der Waals surface area contributed by atoms with Crippen LogP contribution >= 0.6 is 12.4 Å². The zero-order valence-corrected chi connectivity index (χ0v) is 10.7. The van der Waals surface area contributed by atoms with Gasteiger partial charge in [0, 0.05) is 11.6 Å². The number of alkyl halides is 2. The molecule has 1 aromatic rings. The standard InChI is InChI=1S/C12H12F3NO2.ClH/c13-7-4-6-9(5-10(7)18-12(14)15)17-8-2-1-3-16-11(6)8;/h4-5,8,11-12,16H,1-3H2;1H/t8-,11-;/m0./s1. The highest BCUT2D eigenvalue weighted by molar-refractivity contribution is 5.85. The van der Waals surface area contributed by atoms with E-state index in [2.05, 4.69) is 10.1 Å². The van der Waals surface area contributed by atoms with Crippen molar-refractivity contribution < 1.29 is 22.6 Å². The van der Waals surface area contributed by atoms with Crippen LogP contribution in [0.4, 0.5) is 13.2 Å². The monoisotopic (exact) mass is 295 g/mol. The molecule has 2 aliphatic rings. The number of ether oxygens (including phenoxy) is 2. The molecule has 1 aromatic carbocycles. The van der Waals surface area contributed by atoms with Gasteiger partial charge in [0.05, 0.1) is 6.04 Å². The summed E-state index contributed by atoms with van der Waals surface area (Å²) in [6.45, 7) is -2.19. The molecule has 2 atom stereocenters. The minimum Gasteiger partial charge on any atom is -0.488 e. The van der Waals surface area contributed by atoms with Crippen molar-refractivity contribution in [2.45, 2.75) is 31.6 Å². The van der Waals surface area contributed by atoms with E-state index in [0.717, 1.165) is 19.4 Å². The molecule has 0 saturated carbocycles. The van der Waals surface area contributed by atoms with E-state index >= 15 is 0 Å². The van der Waals surface area contributed by atoms with Crippen molar-refractivity contribution in [3.05, 3.63) is 23.5 Å². The van der Waals surface area contributed by atoms with Crippen LogP contribution in [-0.2, 0) is 0 Å². The van der Waals surface area contributed by atoms with E-state index in [4.69, 9.17) is 4.74 Å². The molecule has 0 aliphatic carbocycles. The summed E-state index contributed by atoms with van der Waals surface area (Å²) in [6, 6.07) is 2.37. The smallest absolute Gasteiger partial charge is 0.387 e. The Bertz CT molecular complexity index is 473. The number of piperidine rings is 1. The first-order valence-corrected chi connectivity index (χ1v) is 5.83. The molecule has 0 unspecified atom stereocenters. The fourth-order valence-electron chi connectivity index (χ4n) is 2.54. The highest BCUT2D eigenvalue weighted by atomic mass is 35.5. The molecule has 0 bridgehead atoms. The predicted octanol–water partition coefficient (Wildman–Crippen LogP) is 3.03. The topological polar surface area (TPSA) is 30.5 Å². The Labute approximate surface area is 114 Å². The Balaban J connectivity index is 0.00000133. The lowest BCUT2D eigenvalue weighted by atomic mass is 9.97. The van der Waals surface area contributed by atoms with E-state index in [1.807, 2.05) is 0 Å². The minimum absolute atomic E-state index is 0. The third-order valence-corrected chi connectivity index (χ3v) is 3.30. The third-order valence-electron chi connectivity index (χ3n) is 3.30. The lowest BCUT2D eigenvalue weighted by Gasteiger charge is -2.25. The number of hydrogen-bond donors (Lipinski definition) is 1. The van der Waals surface area contributed by atoms with Crippen LogP contribution in [0.3, 0.4) is 0 Å². The second kappa shape index (κ2) is 5.46. The first-order chi connectivity index (χ1) is 8.65. The number of halogens is 4. The van der Waals surface area contributed by atoms with Crippen molar-refractivity contribution in [1.82, 2.24) is 5.32 Å². The van der Waals surface area contributed by atoms with Crippen molar-refractivity contribution in [2.24, 2.45) is 0 Å². The second-order valence-electron chi connectivity index (χ2n) is 4.43. The van der Waals surface area contributed by atoms with Gasteiger partial charge in [0.25, 0.3) is 0 Å². The molecule has 106 valence electrons. The van der Waals surface area contributed by atoms with Gasteiger partial charge >= 0.3 is 6.61 Å². The lowest BCUT2D eigenvalue weighted by molar-refractivity contribution is -0.0522. The molecule has 3 nitrogen and oxygen atoms in total. The highest BCUT2D eigenvalue weighted by Gasteiger charge is 2.37. The van der Waals surface area contributed by atoms with Gasteiger partial charge in [-0.15, -0.1) is 12.4 Å². The Morgan fingerprint density at radius 3 is 2.89 bits per heavy atom. The fourth-order valence-corrected chi connectivity index (χ4v) is 2.54. The molecule has 1 N–H and O–H groups in total. The van der Waals surface area contributed by atoms with Crippen LogP contribution in [0, 0.1) is 5.82 Å². The second-order valence-corrected chi connectivity index (χ2v) is 4.43. The molecule has 7 heteroatoms. The summed E-state index contributed by atoms with van der Waals surface area (Å²) in [5.74, 6) is -0.829. The Kier molecular flexibility index (Phi) is 4.10. The molecule has 0 radical (unpaired) electrons. The van der Waals surface area contributed by atoms with Gasteiger partial charge in [-0.05, 0) is 25.5 Å². The molecule has 19 heavy (non-hydrogen) atoms. The van der Waals surface area contributed by atoms with E-state index in [1.165, 1.54) is 12.1 Å². The molecule has 2 aliphatic heterocycles. The maximum Gasteiger partial charge on any atom is 0.387 e. The summed E-state index contributed by atoms with van der Waals surface area (Å²) < 4.78 is 47.6. The van der Waals surface area contributed by atoms with Crippen molar-refractivity contribution in [2.75, 3.05) is 6.54 Å². The van der Waals surface area contributed by atoms with Gasteiger partial charge in [-0.1, -0.05) is 0 Å². The number of benzene rings is 1. The quantitative estimate of drug-likeness (QED) is 0.910. The molecule has 0 amide bonds. The van der Waals surface area contributed by atoms with Gasteiger partial charge in [-0.2, -0.15) is 8.78 Å². The van der Waals surface area contributed by atoms with Gasteiger partial charge < -0.3 is 14.8 Å². The van der Waals surface area contributed by atoms with Crippen LogP contribution < -0.4 is 14.8 Å². The van der Waals surface area contributed by atoms with E-state index in [0.29, 0.717) is 11.3 Å². The normalized spacial score (nSPS) is 24.2. The predicted molar refractivity (Wildman–Crippen MR) is 64.7 cm³/mol. The lowest BCUT2D eigenvalue weighted by Crippen LogP contribution is -2.36. The Morgan fingerprint density at radius 2 is 2.16 bits per heavy atom. The van der Waals surface area contributed by atoms with Gasteiger partial charge in [0.1, 0.15) is 11.9 Å². The Morgan fingerprint density at radius 1 is 1.37 bits per heavy atom. The van der Waals surface area contributed by atoms with Crippen molar-refractivity contribution in [3.8, 4) is 11.5 Å². The maximum atomic E-state index is 13.6. The Hall–Kier alpha value is -1.14. The van der Waals surface area contributed by atoms with Crippen molar-refractivity contribution in [3.63, 3.8) is 0 Å². The molecule has 3 rings (SSSR count). The molecule has 2 heterocycles. The number of rotatable bonds is 2. The van der Waals surface area contributed by atoms with Crippen LogP contribution in [0.1, 0.15) is 24.4 Å². The summed E-state index contributed by atoms with van der Waals surface area (Å²) in [6.07, 6.45) is 1.81. The molecule has 1 saturated heterocycles. The summed E-state index contributed by atoms with van der Waals surface area (Å²) in [7, 11) is 0. The van der Waals surface area contributed by atoms with Crippen molar-refractivity contribution >= 4 is 12.4 Å². The first kappa shape index (κ1) is 14.3. The van der Waals surface area contributed by atoms with Gasteiger partial charge in [0.15, 0.2) is 11.6 Å². The molecule has 0 spiro atoms. The summed E-state index contributed by atoms with van der Waals surface area (Å²) >= 11 is 0. The van der Waals surface area contributed by atoms with Crippen LogP contribution in [0.15, 0.2) is 12.1 Å². The minimum atomic E-state index is -3.04. The van der Waals surface area contributed by atoms with Crippen LogP contribution in [-0.4, -0.2) is 19.3 Å². The van der Waals surface area contributed by atoms with Crippen LogP contribution in [0.5, 0.6) is 11.5 Å². The summed E-state index contributed by atoms with van der Waals surface area (Å²) in [5.41, 5.74) is 0.679. The van der Waals surface area contributed by atoms with Crippen LogP contribution in [0.25, 0.3) is 0 Å². The summed E-state index contributed by atoms with van der Waals surface area (Å²) in [4.78, 5) is 0. The van der Waals surface area contributed by atoms with Gasteiger partial charge in [-0.25, -0.2) is 4.39 Å². The number of nitrogens with one attached hydrogen (secondary N) is 1. The maximum absolute atomic E-state index is 13.6. The molecule has 1 fully saturated rings. The van der Waals surface area contributed by atoms with E-state index < -0.39 is 18.2 Å². The largest absolute Gasteiger partial charge is 0.488 e. The van der Waals surface area contributed by atoms with Gasteiger partial charge in [-0.3, -0.25) is 0 Å². The highest BCUT2D eigenvalue weighted by Crippen LogP contribution is 2.43. The zero-order chi connectivity index (χ0) is 12.7. The van der Waals surface area contributed by atoms with Crippen molar-refractivity contribution in [1.29, 1.82) is 0 Å². The third kappa shape index (κ3) is 2.60. The molecule has 0 aromatic heterocycles. The number of fused-ring (bicyclic) bond motifs is 3. The van der Waals surface area contributed by atoms with E-state index in [-0.39, 0.29) is 24.6 Å². The number of hydrogen-bond acceptors (Lipinski definition) is 3. The average molecular weight is 296 g/mol. The molecular formula is C12H13ClF3NO2. The van der Waals surface area contributed by atoms with E-state index in [9.17, 15) is 13.2 Å². The average Bonchev–Trinajstić information content (AvgIpc) is 2.67. The summed E-state index contributed by atoms with van der Waals surface area (Å²) in [5, 5.41) is 3.24. The molecular weight excluding hydrogens is 283 g/mol. The zero-order valence-electron chi connectivity index (χ0n) is 9.87. The van der Waals surface area contributed by atoms with Gasteiger partial charge in [0.2, 0.25) is 0 Å².